The number of carbonyl (C=O) groups is 1. The normalized spacial score (nSPS) is 15.8. The maximum absolute atomic E-state index is 13.4. The molecule has 4 nitrogen and oxygen atoms in total. The molecule has 0 amide bonds. The lowest BCUT2D eigenvalue weighted by Gasteiger charge is -2.32. The fraction of sp³-hybridized carbons (Fsp3) is 0.348. The second-order valence-corrected chi connectivity index (χ2v) is 7.56. The molecule has 0 bridgehead atoms. The molecule has 0 saturated carbocycles. The molecule has 2 aromatic carbocycles. The second kappa shape index (κ2) is 7.76. The van der Waals surface area contributed by atoms with Crippen molar-refractivity contribution in [1.82, 2.24) is 9.47 Å². The van der Waals surface area contributed by atoms with E-state index in [0.29, 0.717) is 12.6 Å². The number of aromatic nitrogens is 1. The first kappa shape index (κ1) is 18.7. The molecule has 2 heterocycles. The van der Waals surface area contributed by atoms with Crippen molar-refractivity contribution in [3.05, 3.63) is 60.0 Å². The van der Waals surface area contributed by atoms with Gasteiger partial charge >= 0.3 is 5.97 Å². The second-order valence-electron chi connectivity index (χ2n) is 7.56. The van der Waals surface area contributed by atoms with E-state index in [9.17, 15) is 9.18 Å². The molecule has 0 aliphatic carbocycles. The zero-order valence-electron chi connectivity index (χ0n) is 16.3. The first-order valence-electron chi connectivity index (χ1n) is 9.71. The molecule has 1 fully saturated rings. The summed E-state index contributed by atoms with van der Waals surface area (Å²) >= 11 is 0. The van der Waals surface area contributed by atoms with E-state index in [1.807, 2.05) is 12.1 Å². The minimum atomic E-state index is -0.221. The Hall–Kier alpha value is -2.66. The maximum atomic E-state index is 13.4. The number of ether oxygens (including phenoxy) is 1. The molecule has 146 valence electrons. The van der Waals surface area contributed by atoms with Crippen LogP contribution in [0.1, 0.15) is 24.4 Å². The number of piperidine rings is 1. The van der Waals surface area contributed by atoms with Crippen LogP contribution in [0.5, 0.6) is 0 Å². The van der Waals surface area contributed by atoms with Crippen LogP contribution >= 0.6 is 0 Å². The van der Waals surface area contributed by atoms with E-state index in [1.54, 1.807) is 0 Å². The predicted molar refractivity (Wildman–Crippen MR) is 109 cm³/mol. The van der Waals surface area contributed by atoms with E-state index in [-0.39, 0.29) is 11.8 Å². The number of aryl methyl sites for hydroxylation is 1. The van der Waals surface area contributed by atoms with Crippen molar-refractivity contribution in [2.45, 2.75) is 25.8 Å². The largest absolute Gasteiger partial charge is 0.468 e. The van der Waals surface area contributed by atoms with Crippen LogP contribution in [0.2, 0.25) is 0 Å². The Bertz CT molecular complexity index is 986. The van der Waals surface area contributed by atoms with Crippen LogP contribution in [0, 0.1) is 12.7 Å². The standard InChI is InChI=1S/C23H25FN2O2/c1-16-3-8-22-20(13-16)21(17-4-6-18(24)7-5-17)14-26(22)19-9-11-25(12-10-19)15-23(27)28-2/h3-8,13-14,19H,9-12,15H2,1-2H3. The van der Waals surface area contributed by atoms with Crippen LogP contribution < -0.4 is 0 Å². The first-order chi connectivity index (χ1) is 13.5. The fourth-order valence-corrected chi connectivity index (χ4v) is 4.13. The number of nitrogens with zero attached hydrogens (tertiary/aromatic N) is 2. The summed E-state index contributed by atoms with van der Waals surface area (Å²) in [6.07, 6.45) is 4.17. The van der Waals surface area contributed by atoms with E-state index >= 15 is 0 Å². The highest BCUT2D eigenvalue weighted by molar-refractivity contribution is 5.96. The van der Waals surface area contributed by atoms with E-state index in [0.717, 1.165) is 37.1 Å². The van der Waals surface area contributed by atoms with Crippen LogP contribution in [0.15, 0.2) is 48.7 Å². The van der Waals surface area contributed by atoms with Gasteiger partial charge in [0.15, 0.2) is 0 Å². The molecule has 4 rings (SSSR count). The Morgan fingerprint density at radius 1 is 1.14 bits per heavy atom. The zero-order chi connectivity index (χ0) is 19.7. The first-order valence-corrected chi connectivity index (χ1v) is 9.71. The average molecular weight is 380 g/mol. The Morgan fingerprint density at radius 2 is 1.86 bits per heavy atom. The SMILES string of the molecule is COC(=O)CN1CCC(n2cc(-c3ccc(F)cc3)c3cc(C)ccc32)CC1. The number of rotatable bonds is 4. The van der Waals surface area contributed by atoms with Crippen molar-refractivity contribution in [2.24, 2.45) is 0 Å². The van der Waals surface area contributed by atoms with Gasteiger partial charge in [0, 0.05) is 41.8 Å². The number of halogens is 1. The smallest absolute Gasteiger partial charge is 0.319 e. The molecular weight excluding hydrogens is 355 g/mol. The summed E-state index contributed by atoms with van der Waals surface area (Å²) in [5.74, 6) is -0.402. The third kappa shape index (κ3) is 3.67. The summed E-state index contributed by atoms with van der Waals surface area (Å²) in [5.41, 5.74) is 4.58. The van der Waals surface area contributed by atoms with Crippen molar-refractivity contribution in [3.63, 3.8) is 0 Å². The lowest BCUT2D eigenvalue weighted by molar-refractivity contribution is -0.142. The zero-order valence-corrected chi connectivity index (χ0v) is 16.3. The van der Waals surface area contributed by atoms with Gasteiger partial charge in [0.25, 0.3) is 0 Å². The minimum Gasteiger partial charge on any atom is -0.468 e. The summed E-state index contributed by atoms with van der Waals surface area (Å²) in [6.45, 7) is 4.19. The molecule has 3 aromatic rings. The van der Waals surface area contributed by atoms with Gasteiger partial charge in [-0.25, -0.2) is 4.39 Å². The number of hydrogen-bond donors (Lipinski definition) is 0. The van der Waals surface area contributed by atoms with Crippen LogP contribution in [0.4, 0.5) is 4.39 Å². The van der Waals surface area contributed by atoms with Crippen molar-refractivity contribution >= 4 is 16.9 Å². The van der Waals surface area contributed by atoms with E-state index < -0.39 is 0 Å². The number of carbonyl (C=O) groups excluding carboxylic acids is 1. The topological polar surface area (TPSA) is 34.5 Å². The van der Waals surface area contributed by atoms with Crippen LogP contribution in [-0.4, -0.2) is 42.2 Å². The van der Waals surface area contributed by atoms with E-state index in [4.69, 9.17) is 4.74 Å². The molecule has 1 aromatic heterocycles. The van der Waals surface area contributed by atoms with E-state index in [1.165, 1.54) is 35.7 Å². The lowest BCUT2D eigenvalue weighted by Crippen LogP contribution is -2.38. The molecule has 0 N–H and O–H groups in total. The Labute approximate surface area is 164 Å². The highest BCUT2D eigenvalue weighted by atomic mass is 19.1. The molecule has 5 heteroatoms. The summed E-state index contributed by atoms with van der Waals surface area (Å²) in [6, 6.07) is 13.6. The molecule has 0 atom stereocenters. The summed E-state index contributed by atoms with van der Waals surface area (Å²) < 4.78 is 20.5. The number of methoxy groups -OCH3 is 1. The Kier molecular flexibility index (Phi) is 5.18. The van der Waals surface area contributed by atoms with Crippen LogP contribution in [0.25, 0.3) is 22.0 Å². The third-order valence-electron chi connectivity index (χ3n) is 5.67. The van der Waals surface area contributed by atoms with Gasteiger partial charge in [-0.15, -0.1) is 0 Å². The van der Waals surface area contributed by atoms with Crippen molar-refractivity contribution in [3.8, 4) is 11.1 Å². The van der Waals surface area contributed by atoms with Crippen LogP contribution in [-0.2, 0) is 9.53 Å². The molecule has 0 unspecified atom stereocenters. The molecular formula is C23H25FN2O2. The highest BCUT2D eigenvalue weighted by Gasteiger charge is 2.24. The molecule has 1 aliphatic heterocycles. The number of likely N-dealkylation sites (tertiary alicyclic amines) is 1. The average Bonchev–Trinajstić information content (AvgIpc) is 3.07. The maximum Gasteiger partial charge on any atom is 0.319 e. The Morgan fingerprint density at radius 3 is 2.54 bits per heavy atom. The number of fused-ring (bicyclic) bond motifs is 1. The fourth-order valence-electron chi connectivity index (χ4n) is 4.13. The minimum absolute atomic E-state index is 0.182. The van der Waals surface area contributed by atoms with Gasteiger partial charge in [-0.2, -0.15) is 0 Å². The quantitative estimate of drug-likeness (QED) is 0.622. The van der Waals surface area contributed by atoms with Gasteiger partial charge in [-0.3, -0.25) is 9.69 Å². The predicted octanol–water partition coefficient (Wildman–Crippen LogP) is 4.57. The highest BCUT2D eigenvalue weighted by Crippen LogP contribution is 2.36. The van der Waals surface area contributed by atoms with E-state index in [2.05, 4.69) is 40.8 Å². The summed E-state index contributed by atoms with van der Waals surface area (Å²) in [7, 11) is 1.43. The molecule has 28 heavy (non-hydrogen) atoms. The Balaban J connectivity index is 1.65. The van der Waals surface area contributed by atoms with Crippen molar-refractivity contribution in [2.75, 3.05) is 26.7 Å². The van der Waals surface area contributed by atoms with Gasteiger partial charge in [-0.1, -0.05) is 23.8 Å². The van der Waals surface area contributed by atoms with Crippen molar-refractivity contribution in [1.29, 1.82) is 0 Å². The number of esters is 1. The molecule has 0 radical (unpaired) electrons. The van der Waals surface area contributed by atoms with Gasteiger partial charge in [0.1, 0.15) is 5.82 Å². The van der Waals surface area contributed by atoms with Gasteiger partial charge in [-0.05, 0) is 49.6 Å². The number of benzene rings is 2. The molecule has 1 saturated heterocycles. The molecule has 1 aliphatic rings. The summed E-state index contributed by atoms with van der Waals surface area (Å²) in [5, 5.41) is 1.20. The molecule has 0 spiro atoms. The monoisotopic (exact) mass is 380 g/mol. The summed E-state index contributed by atoms with van der Waals surface area (Å²) in [4.78, 5) is 13.7. The lowest BCUT2D eigenvalue weighted by atomic mass is 10.0. The van der Waals surface area contributed by atoms with Crippen LogP contribution in [0.3, 0.4) is 0 Å². The van der Waals surface area contributed by atoms with Gasteiger partial charge in [0.2, 0.25) is 0 Å². The number of hydrogen-bond acceptors (Lipinski definition) is 3. The van der Waals surface area contributed by atoms with Gasteiger partial charge < -0.3 is 9.30 Å². The van der Waals surface area contributed by atoms with Gasteiger partial charge in [0.05, 0.1) is 13.7 Å². The van der Waals surface area contributed by atoms with Crippen molar-refractivity contribution < 1.29 is 13.9 Å². The third-order valence-corrected chi connectivity index (χ3v) is 5.67.